The number of carbonyl (C=O) groups is 2. The molecule has 0 radical (unpaired) electrons. The number of carbonyl (C=O) groups excluding carboxylic acids is 2. The number of furan rings is 1. The van der Waals surface area contributed by atoms with Crippen molar-refractivity contribution in [1.29, 1.82) is 0 Å². The first kappa shape index (κ1) is 20.1. The van der Waals surface area contributed by atoms with Crippen LogP contribution in [0.4, 0.5) is 5.69 Å². The van der Waals surface area contributed by atoms with E-state index in [0.717, 1.165) is 43.4 Å². The molecule has 6 heteroatoms. The molecule has 1 aromatic heterocycles. The monoisotopic (exact) mass is 442 g/mol. The summed E-state index contributed by atoms with van der Waals surface area (Å²) in [7, 11) is 0. The average molecular weight is 443 g/mol. The third-order valence-electron chi connectivity index (χ3n) is 4.80. The molecule has 0 bridgehead atoms. The highest BCUT2D eigenvalue weighted by molar-refractivity contribution is 9.10. The van der Waals surface area contributed by atoms with E-state index in [-0.39, 0.29) is 24.8 Å². The molecule has 2 N–H and O–H groups in total. The van der Waals surface area contributed by atoms with E-state index >= 15 is 0 Å². The molecule has 3 rings (SSSR count). The largest absolute Gasteiger partial charge is 0.450 e. The van der Waals surface area contributed by atoms with E-state index in [1.165, 1.54) is 0 Å². The van der Waals surface area contributed by atoms with Gasteiger partial charge in [0.25, 0.3) is 5.91 Å². The van der Waals surface area contributed by atoms with Crippen LogP contribution in [0.1, 0.15) is 39.2 Å². The molecule has 0 unspecified atom stereocenters. The molecular formula is C22H23BrN2O3. The zero-order chi connectivity index (χ0) is 20.4. The van der Waals surface area contributed by atoms with Crippen LogP contribution in [-0.4, -0.2) is 18.4 Å². The zero-order valence-electron chi connectivity index (χ0n) is 16.4. The Morgan fingerprint density at radius 2 is 1.68 bits per heavy atom. The predicted octanol–water partition coefficient (Wildman–Crippen LogP) is 5.19. The molecule has 1 heterocycles. The third kappa shape index (κ3) is 4.12. The Labute approximate surface area is 172 Å². The van der Waals surface area contributed by atoms with Gasteiger partial charge in [0.2, 0.25) is 5.91 Å². The molecule has 0 aliphatic heterocycles. The van der Waals surface area contributed by atoms with Crippen LogP contribution in [0.2, 0.25) is 0 Å². The van der Waals surface area contributed by atoms with E-state index in [9.17, 15) is 9.59 Å². The van der Waals surface area contributed by atoms with Gasteiger partial charge >= 0.3 is 0 Å². The second-order valence-corrected chi connectivity index (χ2v) is 7.89. The van der Waals surface area contributed by atoms with E-state index in [0.29, 0.717) is 5.76 Å². The van der Waals surface area contributed by atoms with E-state index in [2.05, 4.69) is 26.6 Å². The second-order valence-electron chi connectivity index (χ2n) is 6.97. The number of halogens is 1. The Morgan fingerprint density at radius 1 is 1.00 bits per heavy atom. The highest BCUT2D eigenvalue weighted by atomic mass is 79.9. The number of rotatable bonds is 5. The van der Waals surface area contributed by atoms with Crippen LogP contribution in [0, 0.1) is 27.7 Å². The van der Waals surface area contributed by atoms with Crippen molar-refractivity contribution in [3.8, 4) is 0 Å². The highest BCUT2D eigenvalue weighted by Gasteiger charge is 2.20. The van der Waals surface area contributed by atoms with Gasteiger partial charge in [-0.25, -0.2) is 0 Å². The summed E-state index contributed by atoms with van der Waals surface area (Å²) < 4.78 is 6.73. The molecule has 3 aromatic rings. The van der Waals surface area contributed by atoms with Gasteiger partial charge in [-0.2, -0.15) is 0 Å². The molecule has 2 aromatic carbocycles. The smallest absolute Gasteiger partial charge is 0.287 e. The average Bonchev–Trinajstić information content (AvgIpc) is 3.00. The molecule has 2 amide bonds. The van der Waals surface area contributed by atoms with Gasteiger partial charge in [-0.3, -0.25) is 9.59 Å². The van der Waals surface area contributed by atoms with E-state index < -0.39 is 0 Å². The highest BCUT2D eigenvalue weighted by Crippen LogP contribution is 2.30. The Morgan fingerprint density at radius 3 is 2.39 bits per heavy atom. The van der Waals surface area contributed by atoms with Crippen LogP contribution in [0.3, 0.4) is 0 Å². The van der Waals surface area contributed by atoms with Crippen molar-refractivity contribution >= 4 is 44.4 Å². The fourth-order valence-electron chi connectivity index (χ4n) is 3.20. The van der Waals surface area contributed by atoms with Crippen molar-refractivity contribution in [3.63, 3.8) is 0 Å². The lowest BCUT2D eigenvalue weighted by Gasteiger charge is -2.09. The van der Waals surface area contributed by atoms with Crippen molar-refractivity contribution in [2.45, 2.75) is 34.1 Å². The number of aryl methyl sites for hydroxylation is 4. The molecule has 0 aliphatic carbocycles. The van der Waals surface area contributed by atoms with Crippen molar-refractivity contribution in [1.82, 2.24) is 5.32 Å². The first-order chi connectivity index (χ1) is 13.3. The van der Waals surface area contributed by atoms with Crippen LogP contribution >= 0.6 is 15.9 Å². The van der Waals surface area contributed by atoms with Crippen molar-refractivity contribution < 1.29 is 14.0 Å². The standard InChI is InChI=1S/C22H23BrN2O3/c1-12-7-8-16(23)11-17(12)25-18(26)9-10-24-22(27)21-15(4)19-13(2)5-6-14(3)20(19)28-21/h5-8,11H,9-10H2,1-4H3,(H,24,27)(H,25,26). The number of hydrogen-bond acceptors (Lipinski definition) is 3. The summed E-state index contributed by atoms with van der Waals surface area (Å²) >= 11 is 3.40. The van der Waals surface area contributed by atoms with Gasteiger partial charge in [-0.05, 0) is 56.5 Å². The molecule has 0 fully saturated rings. The van der Waals surface area contributed by atoms with Gasteiger partial charge in [0.05, 0.1) is 0 Å². The van der Waals surface area contributed by atoms with Gasteiger partial charge in [0, 0.05) is 34.1 Å². The summed E-state index contributed by atoms with van der Waals surface area (Å²) in [5, 5.41) is 6.63. The minimum absolute atomic E-state index is 0.158. The van der Waals surface area contributed by atoms with E-state index in [1.807, 2.05) is 58.0 Å². The summed E-state index contributed by atoms with van der Waals surface area (Å²) in [5.74, 6) is -0.163. The summed E-state index contributed by atoms with van der Waals surface area (Å²) in [5.41, 5.74) is 5.36. The van der Waals surface area contributed by atoms with Gasteiger partial charge in [-0.1, -0.05) is 34.1 Å². The van der Waals surface area contributed by atoms with Crippen LogP contribution < -0.4 is 10.6 Å². The molecular weight excluding hydrogens is 420 g/mol. The number of amides is 2. The van der Waals surface area contributed by atoms with Gasteiger partial charge < -0.3 is 15.1 Å². The molecule has 0 atom stereocenters. The minimum atomic E-state index is -0.307. The first-order valence-corrected chi connectivity index (χ1v) is 9.90. The first-order valence-electron chi connectivity index (χ1n) is 9.11. The fraction of sp³-hybridized carbons (Fsp3) is 0.273. The molecule has 0 spiro atoms. The SMILES string of the molecule is Cc1ccc(Br)cc1NC(=O)CCNC(=O)c1oc2c(C)ccc(C)c2c1C. The molecule has 0 aliphatic rings. The fourth-order valence-corrected chi connectivity index (χ4v) is 3.56. The number of anilines is 1. The van der Waals surface area contributed by atoms with Crippen molar-refractivity contribution in [2.24, 2.45) is 0 Å². The summed E-state index contributed by atoms with van der Waals surface area (Å²) in [6.45, 7) is 8.00. The maximum atomic E-state index is 12.6. The summed E-state index contributed by atoms with van der Waals surface area (Å²) in [6, 6.07) is 9.71. The van der Waals surface area contributed by atoms with Gasteiger partial charge in [0.15, 0.2) is 5.76 Å². The summed E-state index contributed by atoms with van der Waals surface area (Å²) in [6.07, 6.45) is 0.176. The predicted molar refractivity (Wildman–Crippen MR) is 115 cm³/mol. The topological polar surface area (TPSA) is 71.3 Å². The molecule has 146 valence electrons. The van der Waals surface area contributed by atoms with Gasteiger partial charge in [0.1, 0.15) is 5.58 Å². The number of hydrogen-bond donors (Lipinski definition) is 2. The molecule has 0 saturated carbocycles. The van der Waals surface area contributed by atoms with Crippen molar-refractivity contribution in [3.05, 3.63) is 62.8 Å². The second kappa shape index (κ2) is 8.19. The lowest BCUT2D eigenvalue weighted by Crippen LogP contribution is -2.27. The Balaban J connectivity index is 1.63. The molecule has 5 nitrogen and oxygen atoms in total. The summed E-state index contributed by atoms with van der Waals surface area (Å²) in [4.78, 5) is 24.7. The number of benzene rings is 2. The van der Waals surface area contributed by atoms with Gasteiger partial charge in [-0.15, -0.1) is 0 Å². The normalized spacial score (nSPS) is 10.9. The van der Waals surface area contributed by atoms with Crippen LogP contribution in [0.25, 0.3) is 11.0 Å². The Kier molecular flexibility index (Phi) is 5.89. The minimum Gasteiger partial charge on any atom is -0.450 e. The molecule has 28 heavy (non-hydrogen) atoms. The lowest BCUT2D eigenvalue weighted by atomic mass is 10.0. The zero-order valence-corrected chi connectivity index (χ0v) is 18.0. The Bertz CT molecular complexity index is 1070. The van der Waals surface area contributed by atoms with E-state index in [4.69, 9.17) is 4.42 Å². The number of fused-ring (bicyclic) bond motifs is 1. The quantitative estimate of drug-likeness (QED) is 0.570. The van der Waals surface area contributed by atoms with Crippen LogP contribution in [0.5, 0.6) is 0 Å². The van der Waals surface area contributed by atoms with E-state index in [1.54, 1.807) is 0 Å². The Hall–Kier alpha value is -2.60. The maximum Gasteiger partial charge on any atom is 0.287 e. The van der Waals surface area contributed by atoms with Crippen LogP contribution in [0.15, 0.2) is 39.2 Å². The van der Waals surface area contributed by atoms with Crippen molar-refractivity contribution in [2.75, 3.05) is 11.9 Å². The molecule has 0 saturated heterocycles. The van der Waals surface area contributed by atoms with Crippen LogP contribution in [-0.2, 0) is 4.79 Å². The maximum absolute atomic E-state index is 12.6. The third-order valence-corrected chi connectivity index (χ3v) is 5.29. The number of nitrogens with one attached hydrogen (secondary N) is 2. The lowest BCUT2D eigenvalue weighted by molar-refractivity contribution is -0.116.